The minimum absolute atomic E-state index is 0.385. The zero-order valence-corrected chi connectivity index (χ0v) is 19.2. The van der Waals surface area contributed by atoms with Crippen molar-refractivity contribution in [1.29, 1.82) is 0 Å². The second kappa shape index (κ2) is 9.10. The van der Waals surface area contributed by atoms with Crippen molar-refractivity contribution in [3.8, 4) is 17.1 Å². The topological polar surface area (TPSA) is 56.5 Å². The number of para-hydroxylation sites is 1. The highest BCUT2D eigenvalue weighted by Crippen LogP contribution is 2.33. The van der Waals surface area contributed by atoms with Gasteiger partial charge in [-0.25, -0.2) is 4.98 Å². The molecule has 0 radical (unpaired) electrons. The number of nitrogens with zero attached hydrogens (tertiary/aromatic N) is 5. The quantitative estimate of drug-likeness (QED) is 0.318. The van der Waals surface area contributed by atoms with Crippen LogP contribution in [-0.4, -0.2) is 24.7 Å². The highest BCUT2D eigenvalue weighted by Gasteiger charge is 2.20. The Bertz CT molecular complexity index is 1120. The maximum absolute atomic E-state index is 4.77. The van der Waals surface area contributed by atoms with Crippen molar-refractivity contribution >= 4 is 23.1 Å². The predicted molar refractivity (Wildman–Crippen MR) is 124 cm³/mol. The molecule has 0 unspecified atom stereocenters. The number of benzene rings is 1. The van der Waals surface area contributed by atoms with Gasteiger partial charge >= 0.3 is 0 Å². The van der Waals surface area contributed by atoms with Gasteiger partial charge in [-0.15, -0.1) is 21.5 Å². The van der Waals surface area contributed by atoms with Crippen molar-refractivity contribution in [2.45, 2.75) is 50.4 Å². The van der Waals surface area contributed by atoms with Crippen LogP contribution in [-0.2, 0) is 5.75 Å². The van der Waals surface area contributed by atoms with Crippen LogP contribution in [0.3, 0.4) is 0 Å². The van der Waals surface area contributed by atoms with Crippen LogP contribution in [0.15, 0.2) is 59.3 Å². The van der Waals surface area contributed by atoms with Gasteiger partial charge in [0.2, 0.25) is 0 Å². The Balaban J connectivity index is 1.75. The lowest BCUT2D eigenvalue weighted by atomic mass is 10.0. The fourth-order valence-corrected chi connectivity index (χ4v) is 5.01. The maximum atomic E-state index is 4.77. The van der Waals surface area contributed by atoms with Crippen LogP contribution in [0.2, 0.25) is 0 Å². The summed E-state index contributed by atoms with van der Waals surface area (Å²) in [6.07, 6.45) is 3.61. The van der Waals surface area contributed by atoms with Crippen LogP contribution >= 0.6 is 23.1 Å². The van der Waals surface area contributed by atoms with Gasteiger partial charge in [-0.05, 0) is 29.7 Å². The van der Waals surface area contributed by atoms with Gasteiger partial charge in [0.15, 0.2) is 11.0 Å². The average molecular weight is 436 g/mol. The van der Waals surface area contributed by atoms with Crippen molar-refractivity contribution < 1.29 is 0 Å². The zero-order chi connectivity index (χ0) is 21.1. The molecule has 3 heterocycles. The number of hydrogen-bond donors (Lipinski definition) is 0. The summed E-state index contributed by atoms with van der Waals surface area (Å²) in [7, 11) is 0. The molecule has 154 valence electrons. The molecule has 0 saturated carbocycles. The molecule has 4 aromatic rings. The molecule has 0 aliphatic carbocycles. The molecule has 0 atom stereocenters. The molecule has 0 bridgehead atoms. The molecule has 7 heteroatoms. The van der Waals surface area contributed by atoms with E-state index in [9.17, 15) is 0 Å². The number of aromatic nitrogens is 5. The van der Waals surface area contributed by atoms with Crippen LogP contribution in [0.25, 0.3) is 17.1 Å². The molecule has 30 heavy (non-hydrogen) atoms. The first-order valence-corrected chi connectivity index (χ1v) is 11.9. The van der Waals surface area contributed by atoms with Crippen LogP contribution < -0.4 is 0 Å². The van der Waals surface area contributed by atoms with E-state index < -0.39 is 0 Å². The number of hydrogen-bond acceptors (Lipinski definition) is 6. The van der Waals surface area contributed by atoms with Crippen molar-refractivity contribution in [3.05, 3.63) is 70.4 Å². The van der Waals surface area contributed by atoms with Crippen molar-refractivity contribution in [1.82, 2.24) is 24.7 Å². The Kier molecular flexibility index (Phi) is 6.29. The third kappa shape index (κ3) is 4.32. The number of thiazole rings is 1. The standard InChI is InChI=1S/C23H25N5S2/c1-15(2)19-9-5-6-10-20(19)28-21(17-8-7-11-24-12-17)26-27-23(28)30-14-18-13-29-22(25-18)16(3)4/h5-13,15-16H,14H2,1-4H3. The smallest absolute Gasteiger partial charge is 0.196 e. The molecule has 0 saturated heterocycles. The van der Waals surface area contributed by atoms with Gasteiger partial charge in [-0.1, -0.05) is 57.7 Å². The van der Waals surface area contributed by atoms with Gasteiger partial charge in [0.05, 0.1) is 16.4 Å². The highest BCUT2D eigenvalue weighted by molar-refractivity contribution is 7.98. The van der Waals surface area contributed by atoms with Crippen molar-refractivity contribution in [3.63, 3.8) is 0 Å². The van der Waals surface area contributed by atoms with E-state index in [4.69, 9.17) is 4.98 Å². The third-order valence-electron chi connectivity index (χ3n) is 4.77. The van der Waals surface area contributed by atoms with Crippen molar-refractivity contribution in [2.75, 3.05) is 0 Å². The van der Waals surface area contributed by atoms with E-state index in [1.165, 1.54) is 10.6 Å². The molecule has 0 aliphatic heterocycles. The second-order valence-electron chi connectivity index (χ2n) is 7.72. The number of thioether (sulfide) groups is 1. The lowest BCUT2D eigenvalue weighted by Crippen LogP contribution is -2.05. The fraction of sp³-hybridized carbons (Fsp3) is 0.304. The van der Waals surface area contributed by atoms with E-state index in [0.717, 1.165) is 33.7 Å². The van der Waals surface area contributed by atoms with Crippen LogP contribution in [0.1, 0.15) is 55.8 Å². The average Bonchev–Trinajstić information content (AvgIpc) is 3.40. The molecule has 4 rings (SSSR count). The monoisotopic (exact) mass is 435 g/mol. The molecular weight excluding hydrogens is 410 g/mol. The van der Waals surface area contributed by atoms with Gasteiger partial charge in [-0.3, -0.25) is 9.55 Å². The second-order valence-corrected chi connectivity index (χ2v) is 9.55. The van der Waals surface area contributed by atoms with Gasteiger partial charge in [0, 0.05) is 35.0 Å². The van der Waals surface area contributed by atoms with Crippen LogP contribution in [0.4, 0.5) is 0 Å². The zero-order valence-electron chi connectivity index (χ0n) is 17.6. The van der Waals surface area contributed by atoms with Gasteiger partial charge in [-0.2, -0.15) is 0 Å². The first-order chi connectivity index (χ1) is 14.5. The molecular formula is C23H25N5S2. The Morgan fingerprint density at radius 1 is 1.00 bits per heavy atom. The molecule has 0 amide bonds. The van der Waals surface area contributed by atoms with E-state index in [-0.39, 0.29) is 0 Å². The molecule has 1 aromatic carbocycles. The van der Waals surface area contributed by atoms with E-state index in [1.807, 2.05) is 18.3 Å². The summed E-state index contributed by atoms with van der Waals surface area (Å²) in [4.78, 5) is 9.05. The van der Waals surface area contributed by atoms with Crippen LogP contribution in [0, 0.1) is 0 Å². The SMILES string of the molecule is CC(C)c1nc(CSc2nnc(-c3cccnc3)n2-c2ccccc2C(C)C)cs1. The molecule has 0 fully saturated rings. The summed E-state index contributed by atoms with van der Waals surface area (Å²) in [6, 6.07) is 12.4. The van der Waals surface area contributed by atoms with E-state index in [1.54, 1.807) is 29.3 Å². The summed E-state index contributed by atoms with van der Waals surface area (Å²) in [6.45, 7) is 8.77. The molecule has 0 N–H and O–H groups in total. The molecule has 0 spiro atoms. The Morgan fingerprint density at radius 3 is 2.53 bits per heavy atom. The molecule has 0 aliphatic rings. The molecule has 3 aromatic heterocycles. The predicted octanol–water partition coefficient (Wildman–Crippen LogP) is 6.32. The van der Waals surface area contributed by atoms with Gasteiger partial charge < -0.3 is 0 Å². The van der Waals surface area contributed by atoms with Gasteiger partial charge in [0.1, 0.15) is 0 Å². The summed E-state index contributed by atoms with van der Waals surface area (Å²) < 4.78 is 2.16. The Hall–Kier alpha value is -2.51. The number of rotatable bonds is 7. The largest absolute Gasteiger partial charge is 0.270 e. The first kappa shape index (κ1) is 20.8. The van der Waals surface area contributed by atoms with E-state index >= 15 is 0 Å². The van der Waals surface area contributed by atoms with E-state index in [0.29, 0.717) is 11.8 Å². The first-order valence-electron chi connectivity index (χ1n) is 10.1. The minimum atomic E-state index is 0.385. The normalized spacial score (nSPS) is 11.5. The Morgan fingerprint density at radius 2 is 1.83 bits per heavy atom. The lowest BCUT2D eigenvalue weighted by Gasteiger charge is -2.16. The number of pyridine rings is 1. The van der Waals surface area contributed by atoms with Crippen LogP contribution in [0.5, 0.6) is 0 Å². The summed E-state index contributed by atoms with van der Waals surface area (Å²) >= 11 is 3.40. The fourth-order valence-electron chi connectivity index (χ4n) is 3.23. The summed E-state index contributed by atoms with van der Waals surface area (Å²) in [5.41, 5.74) is 4.41. The lowest BCUT2D eigenvalue weighted by molar-refractivity contribution is 0.818. The highest BCUT2D eigenvalue weighted by atomic mass is 32.2. The maximum Gasteiger partial charge on any atom is 0.196 e. The van der Waals surface area contributed by atoms with E-state index in [2.05, 4.69) is 77.1 Å². The molecule has 5 nitrogen and oxygen atoms in total. The van der Waals surface area contributed by atoms with Gasteiger partial charge in [0.25, 0.3) is 0 Å². The van der Waals surface area contributed by atoms with Crippen molar-refractivity contribution in [2.24, 2.45) is 0 Å². The minimum Gasteiger partial charge on any atom is -0.270 e. The summed E-state index contributed by atoms with van der Waals surface area (Å²) in [5.74, 6) is 2.40. The summed E-state index contributed by atoms with van der Waals surface area (Å²) in [5, 5.41) is 13.3. The Labute approximate surface area is 185 Å². The third-order valence-corrected chi connectivity index (χ3v) is 6.92.